The Morgan fingerprint density at radius 3 is 3.08 bits per heavy atom. The predicted molar refractivity (Wildman–Crippen MR) is 107 cm³/mol. The molecule has 0 spiro atoms. The van der Waals surface area contributed by atoms with Crippen LogP contribution in [0, 0.1) is 0 Å². The van der Waals surface area contributed by atoms with E-state index in [1.807, 2.05) is 0 Å². The number of rotatable bonds is 8. The normalized spacial score (nSPS) is 15.9. The molecule has 128 valence electrons. The summed E-state index contributed by atoms with van der Waals surface area (Å²) >= 11 is 8.78. The van der Waals surface area contributed by atoms with Crippen molar-refractivity contribution in [3.8, 4) is 0 Å². The SMILES string of the molecule is N[C@@H](COC1CC1)Cc1sc2c(NCc3cccs3)snc2c1Br. The molecule has 3 aromatic rings. The summed E-state index contributed by atoms with van der Waals surface area (Å²) in [4.78, 5) is 2.58. The van der Waals surface area contributed by atoms with Crippen molar-refractivity contribution in [1.29, 1.82) is 0 Å². The van der Waals surface area contributed by atoms with Crippen molar-refractivity contribution in [3.05, 3.63) is 31.7 Å². The van der Waals surface area contributed by atoms with Crippen LogP contribution in [-0.2, 0) is 17.7 Å². The van der Waals surface area contributed by atoms with Gasteiger partial charge in [0.2, 0.25) is 0 Å². The van der Waals surface area contributed by atoms with Gasteiger partial charge in [0.05, 0.1) is 28.4 Å². The molecule has 0 aromatic carbocycles. The minimum absolute atomic E-state index is 0.0378. The first kappa shape index (κ1) is 16.9. The van der Waals surface area contributed by atoms with Crippen LogP contribution < -0.4 is 11.1 Å². The van der Waals surface area contributed by atoms with E-state index >= 15 is 0 Å². The van der Waals surface area contributed by atoms with Crippen LogP contribution in [0.15, 0.2) is 22.0 Å². The van der Waals surface area contributed by atoms with Crippen molar-refractivity contribution in [3.63, 3.8) is 0 Å². The van der Waals surface area contributed by atoms with Gasteiger partial charge in [-0.2, -0.15) is 4.37 Å². The summed E-state index contributed by atoms with van der Waals surface area (Å²) in [5, 5.41) is 6.75. The smallest absolute Gasteiger partial charge is 0.127 e. The number of hydrogen-bond donors (Lipinski definition) is 2. The fourth-order valence-electron chi connectivity index (χ4n) is 2.43. The molecule has 4 rings (SSSR count). The number of fused-ring (bicyclic) bond motifs is 1. The van der Waals surface area contributed by atoms with Gasteiger partial charge in [0, 0.05) is 22.2 Å². The predicted octanol–water partition coefficient (Wildman–Crippen LogP) is 4.84. The summed E-state index contributed by atoms with van der Waals surface area (Å²) in [6.45, 7) is 1.48. The molecule has 0 aliphatic heterocycles. The van der Waals surface area contributed by atoms with Crippen LogP contribution in [0.2, 0.25) is 0 Å². The Labute approximate surface area is 161 Å². The van der Waals surface area contributed by atoms with Gasteiger partial charge in [-0.1, -0.05) is 6.07 Å². The Kier molecular flexibility index (Phi) is 5.21. The second-order valence-electron chi connectivity index (χ2n) is 5.96. The molecule has 0 amide bonds. The van der Waals surface area contributed by atoms with Crippen LogP contribution in [-0.4, -0.2) is 23.1 Å². The van der Waals surface area contributed by atoms with Gasteiger partial charge in [0.25, 0.3) is 0 Å². The maximum absolute atomic E-state index is 6.23. The first-order valence-corrected chi connectivity index (χ1v) is 11.2. The van der Waals surface area contributed by atoms with E-state index in [0.717, 1.165) is 28.0 Å². The van der Waals surface area contributed by atoms with Crippen molar-refractivity contribution in [2.24, 2.45) is 5.73 Å². The largest absolute Gasteiger partial charge is 0.377 e. The molecule has 1 atom stereocenters. The molecule has 0 bridgehead atoms. The molecular formula is C16H18BrN3OS3. The molecule has 1 aliphatic rings. The highest BCUT2D eigenvalue weighted by molar-refractivity contribution is 9.10. The topological polar surface area (TPSA) is 60.2 Å². The fraction of sp³-hybridized carbons (Fsp3) is 0.438. The van der Waals surface area contributed by atoms with Gasteiger partial charge in [-0.05, 0) is 51.8 Å². The average Bonchev–Trinajstić information content (AvgIpc) is 2.97. The Morgan fingerprint density at radius 2 is 2.33 bits per heavy atom. The highest BCUT2D eigenvalue weighted by atomic mass is 79.9. The molecule has 3 aromatic heterocycles. The van der Waals surface area contributed by atoms with E-state index in [9.17, 15) is 0 Å². The zero-order chi connectivity index (χ0) is 16.5. The number of halogens is 1. The third-order valence-corrected chi connectivity index (χ3v) is 7.99. The zero-order valence-electron chi connectivity index (χ0n) is 13.0. The second kappa shape index (κ2) is 7.39. The molecule has 1 aliphatic carbocycles. The second-order valence-corrected chi connectivity index (χ2v) is 9.66. The zero-order valence-corrected chi connectivity index (χ0v) is 17.0. The number of thiophene rings is 2. The molecule has 1 fully saturated rings. The molecular weight excluding hydrogens is 426 g/mol. The van der Waals surface area contributed by atoms with E-state index < -0.39 is 0 Å². The molecule has 0 unspecified atom stereocenters. The van der Waals surface area contributed by atoms with Crippen LogP contribution in [0.1, 0.15) is 22.6 Å². The molecule has 0 saturated heterocycles. The fourth-order valence-corrected chi connectivity index (χ4v) is 6.13. The average molecular weight is 444 g/mol. The van der Waals surface area contributed by atoms with Gasteiger partial charge < -0.3 is 15.8 Å². The number of aromatic nitrogens is 1. The number of nitrogens with zero attached hydrogens (tertiary/aromatic N) is 1. The minimum atomic E-state index is 0.0378. The van der Waals surface area contributed by atoms with Crippen molar-refractivity contribution in [2.75, 3.05) is 11.9 Å². The van der Waals surface area contributed by atoms with E-state index in [2.05, 4.69) is 43.1 Å². The van der Waals surface area contributed by atoms with Gasteiger partial charge in [0.1, 0.15) is 10.5 Å². The van der Waals surface area contributed by atoms with Crippen molar-refractivity contribution in [2.45, 2.75) is 38.0 Å². The Morgan fingerprint density at radius 1 is 1.46 bits per heavy atom. The lowest BCUT2D eigenvalue weighted by molar-refractivity contribution is 0.107. The summed E-state index contributed by atoms with van der Waals surface area (Å²) in [7, 11) is 0. The summed E-state index contributed by atoms with van der Waals surface area (Å²) in [6, 6.07) is 4.26. The Bertz CT molecular complexity index is 810. The van der Waals surface area contributed by atoms with Gasteiger partial charge in [-0.25, -0.2) is 0 Å². The van der Waals surface area contributed by atoms with E-state index in [-0.39, 0.29) is 6.04 Å². The summed E-state index contributed by atoms with van der Waals surface area (Å²) in [5.74, 6) is 0. The minimum Gasteiger partial charge on any atom is -0.377 e. The maximum Gasteiger partial charge on any atom is 0.127 e. The van der Waals surface area contributed by atoms with Gasteiger partial charge in [0.15, 0.2) is 0 Å². The lowest BCUT2D eigenvalue weighted by atomic mass is 10.2. The number of nitrogens with one attached hydrogen (secondary N) is 1. The van der Waals surface area contributed by atoms with Gasteiger partial charge in [-0.15, -0.1) is 22.7 Å². The van der Waals surface area contributed by atoms with Crippen LogP contribution in [0.25, 0.3) is 10.2 Å². The Balaban J connectivity index is 1.45. The lowest BCUT2D eigenvalue weighted by Crippen LogP contribution is -2.28. The summed E-state index contributed by atoms with van der Waals surface area (Å²) in [5.41, 5.74) is 7.28. The van der Waals surface area contributed by atoms with Crippen molar-refractivity contribution < 1.29 is 4.74 Å². The van der Waals surface area contributed by atoms with E-state index in [4.69, 9.17) is 10.5 Å². The first-order chi connectivity index (χ1) is 11.7. The van der Waals surface area contributed by atoms with Crippen LogP contribution in [0.3, 0.4) is 0 Å². The standard InChI is InChI=1S/C16H18BrN3OS3/c17-13-12(6-9(18)8-21-10-3-4-10)23-15-14(13)20-24-16(15)19-7-11-2-1-5-22-11/h1-2,5,9-10,19H,3-4,6-8,18H2/t9-/m1/s1. The number of hydrogen-bond acceptors (Lipinski definition) is 7. The van der Waals surface area contributed by atoms with Crippen LogP contribution >= 0.6 is 50.1 Å². The highest BCUT2D eigenvalue weighted by Gasteiger charge is 2.24. The quantitative estimate of drug-likeness (QED) is 0.522. The summed E-state index contributed by atoms with van der Waals surface area (Å²) in [6.07, 6.45) is 3.66. The third kappa shape index (κ3) is 3.84. The van der Waals surface area contributed by atoms with E-state index in [0.29, 0.717) is 12.7 Å². The van der Waals surface area contributed by atoms with Crippen LogP contribution in [0.4, 0.5) is 5.00 Å². The number of ether oxygens (including phenoxy) is 1. The highest BCUT2D eigenvalue weighted by Crippen LogP contribution is 2.42. The monoisotopic (exact) mass is 443 g/mol. The molecule has 4 nitrogen and oxygen atoms in total. The summed E-state index contributed by atoms with van der Waals surface area (Å²) < 4.78 is 12.6. The first-order valence-electron chi connectivity index (χ1n) is 7.90. The molecule has 24 heavy (non-hydrogen) atoms. The molecule has 8 heteroatoms. The lowest BCUT2D eigenvalue weighted by Gasteiger charge is -2.10. The molecule has 1 saturated carbocycles. The van der Waals surface area contributed by atoms with Crippen LogP contribution in [0.5, 0.6) is 0 Å². The molecule has 3 heterocycles. The van der Waals surface area contributed by atoms with Crippen molar-refractivity contribution in [1.82, 2.24) is 4.37 Å². The number of nitrogens with two attached hydrogens (primary N) is 1. The van der Waals surface area contributed by atoms with Gasteiger partial charge >= 0.3 is 0 Å². The van der Waals surface area contributed by atoms with Gasteiger partial charge in [-0.3, -0.25) is 0 Å². The molecule has 3 N–H and O–H groups in total. The third-order valence-electron chi connectivity index (χ3n) is 3.85. The number of anilines is 1. The molecule has 0 radical (unpaired) electrons. The van der Waals surface area contributed by atoms with E-state index in [1.165, 1.54) is 38.8 Å². The van der Waals surface area contributed by atoms with E-state index in [1.54, 1.807) is 22.7 Å². The van der Waals surface area contributed by atoms with Crippen molar-refractivity contribution >= 4 is 65.4 Å². The maximum atomic E-state index is 6.23. The Hall–Kier alpha value is -0.510.